The quantitative estimate of drug-likeness (QED) is 0.648. The van der Waals surface area contributed by atoms with Crippen LogP contribution in [-0.2, 0) is 10.0 Å². The molecule has 2 heterocycles. The van der Waals surface area contributed by atoms with Gasteiger partial charge < -0.3 is 0 Å². The molecule has 0 atom stereocenters. The Morgan fingerprint density at radius 1 is 1.28 bits per heavy atom. The molecule has 0 unspecified atom stereocenters. The van der Waals surface area contributed by atoms with Gasteiger partial charge in [0.05, 0.1) is 8.22 Å². The van der Waals surface area contributed by atoms with Crippen molar-refractivity contribution in [2.75, 3.05) is 5.75 Å². The van der Waals surface area contributed by atoms with Crippen molar-refractivity contribution >= 4 is 53.9 Å². The summed E-state index contributed by atoms with van der Waals surface area (Å²) in [6.45, 7) is 2.20. The number of fused-ring (bicyclic) bond motifs is 1. The third-order valence-corrected chi connectivity index (χ3v) is 7.55. The Balaban J connectivity index is 2.08. The fraction of sp³-hybridized carbons (Fsp3) is 0.455. The molecule has 2 aromatic heterocycles. The molecule has 0 saturated carbocycles. The number of hydrogen-bond donors (Lipinski definition) is 1. The number of nitrogens with two attached hydrogens (primary N) is 1. The second kappa shape index (κ2) is 5.92. The number of hydrogen-bond acceptors (Lipinski definition) is 5. The maximum absolute atomic E-state index is 11.2. The highest BCUT2D eigenvalue weighted by molar-refractivity contribution is 8.01. The number of thiophene rings is 2. The average molecular weight is 322 g/mol. The Morgan fingerprint density at radius 2 is 2.06 bits per heavy atom. The SMILES string of the molecule is CCCCCSc1cc2cc(S(N)(=O)=O)sc2s1. The van der Waals surface area contributed by atoms with Crippen LogP contribution < -0.4 is 5.14 Å². The normalized spacial score (nSPS) is 12.3. The first-order valence-corrected chi connectivity index (χ1v) is 9.86. The number of primary sulfonamides is 1. The Labute approximate surface area is 119 Å². The minimum absolute atomic E-state index is 0.256. The first-order valence-electron chi connectivity index (χ1n) is 5.69. The zero-order valence-electron chi connectivity index (χ0n) is 10.0. The van der Waals surface area contributed by atoms with Crippen LogP contribution >= 0.6 is 34.4 Å². The molecule has 2 N–H and O–H groups in total. The Kier molecular flexibility index (Phi) is 4.71. The molecule has 2 aromatic rings. The number of thioether (sulfide) groups is 1. The van der Waals surface area contributed by atoms with Gasteiger partial charge in [0.1, 0.15) is 4.21 Å². The third-order valence-electron chi connectivity index (χ3n) is 2.44. The van der Waals surface area contributed by atoms with E-state index in [0.29, 0.717) is 0 Å². The lowest BCUT2D eigenvalue weighted by Crippen LogP contribution is -2.09. The molecule has 0 aliphatic heterocycles. The van der Waals surface area contributed by atoms with Gasteiger partial charge in [-0.05, 0) is 24.3 Å². The lowest BCUT2D eigenvalue weighted by molar-refractivity contribution is 0.600. The van der Waals surface area contributed by atoms with Gasteiger partial charge in [0.15, 0.2) is 0 Å². The van der Waals surface area contributed by atoms with Crippen LogP contribution in [0.2, 0.25) is 0 Å². The third kappa shape index (κ3) is 3.48. The van der Waals surface area contributed by atoms with E-state index in [2.05, 4.69) is 13.0 Å². The first kappa shape index (κ1) is 14.3. The van der Waals surface area contributed by atoms with E-state index in [0.717, 1.165) is 15.2 Å². The van der Waals surface area contributed by atoms with Crippen LogP contribution in [0.25, 0.3) is 9.40 Å². The lowest BCUT2D eigenvalue weighted by atomic mass is 10.3. The molecule has 0 fully saturated rings. The van der Waals surface area contributed by atoms with E-state index < -0.39 is 10.0 Å². The molecule has 100 valence electrons. The molecule has 2 rings (SSSR count). The Bertz CT molecular complexity index is 595. The molecule has 0 saturated heterocycles. The molecular weight excluding hydrogens is 306 g/mol. The fourth-order valence-electron chi connectivity index (χ4n) is 1.53. The van der Waals surface area contributed by atoms with Crippen molar-refractivity contribution in [3.63, 3.8) is 0 Å². The van der Waals surface area contributed by atoms with Crippen molar-refractivity contribution in [3.8, 4) is 0 Å². The van der Waals surface area contributed by atoms with Crippen LogP contribution in [0.4, 0.5) is 0 Å². The minimum atomic E-state index is -3.55. The zero-order chi connectivity index (χ0) is 13.2. The monoisotopic (exact) mass is 321 g/mol. The van der Waals surface area contributed by atoms with Gasteiger partial charge in [-0.3, -0.25) is 0 Å². The van der Waals surface area contributed by atoms with Crippen molar-refractivity contribution in [2.24, 2.45) is 5.14 Å². The summed E-state index contributed by atoms with van der Waals surface area (Å²) in [5, 5.41) is 6.11. The van der Waals surface area contributed by atoms with E-state index in [1.165, 1.54) is 34.8 Å². The van der Waals surface area contributed by atoms with Crippen molar-refractivity contribution in [3.05, 3.63) is 12.1 Å². The molecule has 0 bridgehead atoms. The molecule has 0 amide bonds. The van der Waals surface area contributed by atoms with Gasteiger partial charge in [-0.25, -0.2) is 13.6 Å². The largest absolute Gasteiger partial charge is 0.247 e. The average Bonchev–Trinajstić information content (AvgIpc) is 2.80. The molecule has 0 aliphatic rings. The Hall–Kier alpha value is -0.0800. The van der Waals surface area contributed by atoms with E-state index in [9.17, 15) is 8.42 Å². The van der Waals surface area contributed by atoms with Crippen molar-refractivity contribution in [1.29, 1.82) is 0 Å². The Morgan fingerprint density at radius 3 is 2.67 bits per heavy atom. The predicted molar refractivity (Wildman–Crippen MR) is 81.3 cm³/mol. The maximum atomic E-state index is 11.2. The van der Waals surface area contributed by atoms with E-state index >= 15 is 0 Å². The van der Waals surface area contributed by atoms with Gasteiger partial charge >= 0.3 is 0 Å². The van der Waals surface area contributed by atoms with Crippen molar-refractivity contribution in [1.82, 2.24) is 0 Å². The smallest absolute Gasteiger partial charge is 0.224 e. The van der Waals surface area contributed by atoms with Gasteiger partial charge in [-0.1, -0.05) is 19.8 Å². The van der Waals surface area contributed by atoms with Gasteiger partial charge in [-0.2, -0.15) is 0 Å². The summed E-state index contributed by atoms with van der Waals surface area (Å²) in [4.78, 5) is 0. The summed E-state index contributed by atoms with van der Waals surface area (Å²) in [6.07, 6.45) is 3.73. The molecule has 18 heavy (non-hydrogen) atoms. The summed E-state index contributed by atoms with van der Waals surface area (Å²) in [6, 6.07) is 3.73. The number of unbranched alkanes of at least 4 members (excludes halogenated alkanes) is 2. The van der Waals surface area contributed by atoms with Crippen LogP contribution in [0.1, 0.15) is 26.2 Å². The summed E-state index contributed by atoms with van der Waals surface area (Å²) in [5.41, 5.74) is 0. The highest BCUT2D eigenvalue weighted by Crippen LogP contribution is 2.39. The highest BCUT2D eigenvalue weighted by atomic mass is 32.3. The standard InChI is InChI=1S/C11H15NO2S4/c1-2-3-4-5-15-9-6-8-7-10(18(12,13)14)17-11(8)16-9/h6-7H,2-5H2,1H3,(H2,12,13,14). The first-order chi connectivity index (χ1) is 8.50. The molecule has 0 aromatic carbocycles. The fourth-order valence-corrected chi connectivity index (χ4v) is 6.26. The zero-order valence-corrected chi connectivity index (χ0v) is 13.3. The summed E-state index contributed by atoms with van der Waals surface area (Å²) in [5.74, 6) is 1.13. The van der Waals surface area contributed by atoms with Gasteiger partial charge in [-0.15, -0.1) is 34.4 Å². The number of sulfonamides is 1. The van der Waals surface area contributed by atoms with Crippen LogP contribution in [0.3, 0.4) is 0 Å². The second-order valence-corrected chi connectivity index (χ2v) is 9.52. The molecule has 7 heteroatoms. The van der Waals surface area contributed by atoms with E-state index in [-0.39, 0.29) is 4.21 Å². The molecular formula is C11H15NO2S4. The van der Waals surface area contributed by atoms with Crippen LogP contribution in [-0.4, -0.2) is 14.2 Å². The second-order valence-electron chi connectivity index (χ2n) is 3.97. The molecule has 3 nitrogen and oxygen atoms in total. The van der Waals surface area contributed by atoms with Gasteiger partial charge in [0, 0.05) is 5.39 Å². The predicted octanol–water partition coefficient (Wildman–Crippen LogP) is 3.89. The minimum Gasteiger partial charge on any atom is -0.224 e. The molecule has 0 radical (unpaired) electrons. The topological polar surface area (TPSA) is 60.2 Å². The molecule has 0 spiro atoms. The van der Waals surface area contributed by atoms with Crippen LogP contribution in [0.5, 0.6) is 0 Å². The highest BCUT2D eigenvalue weighted by Gasteiger charge is 2.14. The van der Waals surface area contributed by atoms with Crippen LogP contribution in [0.15, 0.2) is 20.6 Å². The summed E-state index contributed by atoms with van der Waals surface area (Å²) in [7, 11) is -3.55. The van der Waals surface area contributed by atoms with E-state index in [1.54, 1.807) is 17.4 Å². The van der Waals surface area contributed by atoms with E-state index in [4.69, 9.17) is 5.14 Å². The maximum Gasteiger partial charge on any atom is 0.247 e. The number of rotatable bonds is 6. The van der Waals surface area contributed by atoms with Gasteiger partial charge in [0.25, 0.3) is 0 Å². The van der Waals surface area contributed by atoms with Crippen LogP contribution in [0, 0.1) is 0 Å². The van der Waals surface area contributed by atoms with Crippen molar-refractivity contribution in [2.45, 2.75) is 34.6 Å². The summed E-state index contributed by atoms with van der Waals surface area (Å²) >= 11 is 4.76. The lowest BCUT2D eigenvalue weighted by Gasteiger charge is -1.96. The van der Waals surface area contributed by atoms with Gasteiger partial charge in [0.2, 0.25) is 10.0 Å². The summed E-state index contributed by atoms with van der Waals surface area (Å²) < 4.78 is 25.0. The van der Waals surface area contributed by atoms with E-state index in [1.807, 2.05) is 11.8 Å². The molecule has 0 aliphatic carbocycles. The van der Waals surface area contributed by atoms with Crippen molar-refractivity contribution < 1.29 is 8.42 Å².